The molecule has 2 rings (SSSR count). The molecule has 2 aromatic rings. The molecule has 1 amide bonds. The number of hydrogen-bond acceptors (Lipinski definition) is 5. The van der Waals surface area contributed by atoms with E-state index in [1.54, 1.807) is 6.07 Å². The van der Waals surface area contributed by atoms with Gasteiger partial charge in [0, 0.05) is 17.8 Å². The second kappa shape index (κ2) is 8.79. The molecule has 0 saturated carbocycles. The molecule has 0 saturated heterocycles. The number of rotatable bonds is 8. The number of carbonyl (C=O) groups excluding carboxylic acids is 1. The Morgan fingerprint density at radius 2 is 1.88 bits per heavy atom. The molecule has 3 N–H and O–H groups in total. The van der Waals surface area contributed by atoms with Gasteiger partial charge in [-0.25, -0.2) is 13.1 Å². The Morgan fingerprint density at radius 3 is 2.54 bits per heavy atom. The summed E-state index contributed by atoms with van der Waals surface area (Å²) in [6, 6.07) is 11.7. The summed E-state index contributed by atoms with van der Waals surface area (Å²) < 4.78 is 31.6. The van der Waals surface area contributed by atoms with Gasteiger partial charge in [-0.15, -0.1) is 0 Å². The normalized spacial score (nSPS) is 11.2. The lowest BCUT2D eigenvalue weighted by Crippen LogP contribution is -2.21. The van der Waals surface area contributed by atoms with Crippen LogP contribution in [-0.4, -0.2) is 35.0 Å². The van der Waals surface area contributed by atoms with Gasteiger partial charge in [0.05, 0.1) is 7.11 Å². The minimum Gasteiger partial charge on any atom is -0.495 e. The molecule has 0 unspecified atom stereocenters. The van der Waals surface area contributed by atoms with Crippen LogP contribution < -0.4 is 20.1 Å². The molecule has 2 aromatic carbocycles. The molecule has 0 atom stereocenters. The minimum atomic E-state index is -3.75. The van der Waals surface area contributed by atoms with Crippen molar-refractivity contribution in [1.82, 2.24) is 10.0 Å². The van der Waals surface area contributed by atoms with Crippen LogP contribution in [0.2, 0.25) is 0 Å². The monoisotopic (exact) mass is 377 g/mol. The van der Waals surface area contributed by atoms with E-state index in [9.17, 15) is 13.2 Å². The summed E-state index contributed by atoms with van der Waals surface area (Å²) in [5.74, 6) is -0.229. The van der Waals surface area contributed by atoms with E-state index < -0.39 is 15.9 Å². The zero-order chi connectivity index (χ0) is 19.2. The van der Waals surface area contributed by atoms with Gasteiger partial charge in [0.25, 0.3) is 5.91 Å². The summed E-state index contributed by atoms with van der Waals surface area (Å²) in [5, 5.41) is 6.05. The fourth-order valence-corrected chi connectivity index (χ4v) is 3.31. The maximum atomic E-state index is 12.6. The molecule has 0 heterocycles. The summed E-state index contributed by atoms with van der Waals surface area (Å²) in [4.78, 5) is 12.5. The lowest BCUT2D eigenvalue weighted by molar-refractivity contribution is 0.102. The molecule has 8 heteroatoms. The van der Waals surface area contributed by atoms with Crippen molar-refractivity contribution in [2.24, 2.45) is 0 Å². The Labute approximate surface area is 153 Å². The zero-order valence-electron chi connectivity index (χ0n) is 15.0. The largest absolute Gasteiger partial charge is 0.495 e. The number of hydrogen-bond donors (Lipinski definition) is 3. The first kappa shape index (κ1) is 19.9. The number of ether oxygens (including phenoxy) is 1. The van der Waals surface area contributed by atoms with Crippen molar-refractivity contribution in [3.05, 3.63) is 53.6 Å². The van der Waals surface area contributed by atoms with Crippen LogP contribution >= 0.6 is 0 Å². The highest BCUT2D eigenvalue weighted by atomic mass is 32.2. The predicted octanol–water partition coefficient (Wildman–Crippen LogP) is 1.97. The van der Waals surface area contributed by atoms with Crippen molar-refractivity contribution in [3.63, 3.8) is 0 Å². The predicted molar refractivity (Wildman–Crippen MR) is 101 cm³/mol. The van der Waals surface area contributed by atoms with Gasteiger partial charge < -0.3 is 15.4 Å². The van der Waals surface area contributed by atoms with E-state index in [-0.39, 0.29) is 16.2 Å². The molecule has 140 valence electrons. The summed E-state index contributed by atoms with van der Waals surface area (Å²) >= 11 is 0. The van der Waals surface area contributed by atoms with Gasteiger partial charge in [-0.3, -0.25) is 4.79 Å². The quantitative estimate of drug-likeness (QED) is 0.654. The van der Waals surface area contributed by atoms with E-state index in [4.69, 9.17) is 4.74 Å². The highest BCUT2D eigenvalue weighted by Gasteiger charge is 2.20. The van der Waals surface area contributed by atoms with Crippen LogP contribution in [0.25, 0.3) is 0 Å². The topological polar surface area (TPSA) is 96.5 Å². The van der Waals surface area contributed by atoms with Gasteiger partial charge in [-0.1, -0.05) is 25.1 Å². The number of amides is 1. The van der Waals surface area contributed by atoms with Crippen molar-refractivity contribution in [1.29, 1.82) is 0 Å². The van der Waals surface area contributed by atoms with E-state index in [1.807, 2.05) is 25.1 Å². The van der Waals surface area contributed by atoms with Gasteiger partial charge in [-0.05, 0) is 43.4 Å². The van der Waals surface area contributed by atoms with Gasteiger partial charge in [-0.2, -0.15) is 0 Å². The maximum Gasteiger partial charge on any atom is 0.255 e. The molecule has 0 aromatic heterocycles. The lowest BCUT2D eigenvalue weighted by atomic mass is 10.1. The lowest BCUT2D eigenvalue weighted by Gasteiger charge is -2.13. The first-order valence-electron chi connectivity index (χ1n) is 8.14. The van der Waals surface area contributed by atoms with Crippen LogP contribution in [0.4, 0.5) is 5.69 Å². The van der Waals surface area contributed by atoms with Gasteiger partial charge in [0.2, 0.25) is 10.0 Å². The third-order valence-electron chi connectivity index (χ3n) is 3.82. The van der Waals surface area contributed by atoms with Crippen LogP contribution in [-0.2, 0) is 16.6 Å². The van der Waals surface area contributed by atoms with Crippen molar-refractivity contribution < 1.29 is 17.9 Å². The molecule has 0 fully saturated rings. The molecule has 7 nitrogen and oxygen atoms in total. The third kappa shape index (κ3) is 4.60. The fraction of sp³-hybridized carbons (Fsp3) is 0.278. The highest BCUT2D eigenvalue weighted by molar-refractivity contribution is 7.89. The van der Waals surface area contributed by atoms with Crippen molar-refractivity contribution in [2.75, 3.05) is 26.0 Å². The number of carbonyl (C=O) groups is 1. The Morgan fingerprint density at radius 1 is 1.15 bits per heavy atom. The Bertz CT molecular complexity index is 882. The Hall–Kier alpha value is -2.42. The van der Waals surface area contributed by atoms with Gasteiger partial charge >= 0.3 is 0 Å². The number of para-hydroxylation sites is 1. The zero-order valence-corrected chi connectivity index (χ0v) is 15.8. The second-order valence-corrected chi connectivity index (χ2v) is 7.32. The van der Waals surface area contributed by atoms with Crippen LogP contribution in [0.5, 0.6) is 5.75 Å². The van der Waals surface area contributed by atoms with E-state index in [0.717, 1.165) is 12.1 Å². The smallest absolute Gasteiger partial charge is 0.255 e. The standard InChI is InChI=1S/C18H23N3O4S/c1-4-20-12-14-7-5-6-8-15(14)21-18(22)13-9-10-16(25-3)17(11-13)26(23,24)19-2/h5-11,19-20H,4,12H2,1-3H3,(H,21,22). The number of sulfonamides is 1. The van der Waals surface area contributed by atoms with Crippen LogP contribution in [0.15, 0.2) is 47.4 Å². The first-order chi connectivity index (χ1) is 12.4. The number of methoxy groups -OCH3 is 1. The van der Waals surface area contributed by atoms with Gasteiger partial charge in [0.1, 0.15) is 10.6 Å². The average Bonchev–Trinajstić information content (AvgIpc) is 2.66. The van der Waals surface area contributed by atoms with Crippen molar-refractivity contribution in [3.8, 4) is 5.75 Å². The Kier molecular flexibility index (Phi) is 6.73. The number of nitrogens with one attached hydrogen (secondary N) is 3. The molecule has 0 bridgehead atoms. The maximum absolute atomic E-state index is 12.6. The van der Waals surface area contributed by atoms with Crippen LogP contribution in [0, 0.1) is 0 Å². The third-order valence-corrected chi connectivity index (χ3v) is 5.25. The molecular formula is C18H23N3O4S. The van der Waals surface area contributed by atoms with E-state index >= 15 is 0 Å². The van der Waals surface area contributed by atoms with E-state index in [2.05, 4.69) is 15.4 Å². The first-order valence-corrected chi connectivity index (χ1v) is 9.62. The van der Waals surface area contributed by atoms with Crippen LogP contribution in [0.3, 0.4) is 0 Å². The van der Waals surface area contributed by atoms with E-state index in [0.29, 0.717) is 12.2 Å². The molecule has 0 radical (unpaired) electrons. The minimum absolute atomic E-state index is 0.0870. The molecule has 0 aliphatic heterocycles. The Balaban J connectivity index is 2.33. The number of benzene rings is 2. The molecule has 0 aliphatic carbocycles. The molecule has 0 spiro atoms. The molecular weight excluding hydrogens is 354 g/mol. The SMILES string of the molecule is CCNCc1ccccc1NC(=O)c1ccc(OC)c(S(=O)(=O)NC)c1. The fourth-order valence-electron chi connectivity index (χ4n) is 2.39. The van der Waals surface area contributed by atoms with Crippen molar-refractivity contribution >= 4 is 21.6 Å². The van der Waals surface area contributed by atoms with Crippen LogP contribution in [0.1, 0.15) is 22.8 Å². The number of anilines is 1. The summed E-state index contributed by atoms with van der Waals surface area (Å²) in [5.41, 5.74) is 1.84. The summed E-state index contributed by atoms with van der Waals surface area (Å²) in [7, 11) is -1.08. The molecule has 26 heavy (non-hydrogen) atoms. The molecule has 0 aliphatic rings. The van der Waals surface area contributed by atoms with Gasteiger partial charge in [0.15, 0.2) is 0 Å². The highest BCUT2D eigenvalue weighted by Crippen LogP contribution is 2.25. The van der Waals surface area contributed by atoms with Crippen molar-refractivity contribution in [2.45, 2.75) is 18.4 Å². The summed E-state index contributed by atoms with van der Waals surface area (Å²) in [6.07, 6.45) is 0. The average molecular weight is 377 g/mol. The van der Waals surface area contributed by atoms with E-state index in [1.165, 1.54) is 32.4 Å². The summed E-state index contributed by atoms with van der Waals surface area (Å²) in [6.45, 7) is 3.43. The second-order valence-electron chi connectivity index (χ2n) is 5.46.